The van der Waals surface area contributed by atoms with E-state index in [2.05, 4.69) is 15.5 Å². The van der Waals surface area contributed by atoms with Crippen LogP contribution in [0.1, 0.15) is 6.92 Å². The third-order valence-corrected chi connectivity index (χ3v) is 5.03. The van der Waals surface area contributed by atoms with E-state index in [1.165, 1.54) is 11.8 Å². The fraction of sp³-hybridized carbons (Fsp3) is 0.136. The van der Waals surface area contributed by atoms with Crippen molar-refractivity contribution in [3.05, 3.63) is 66.7 Å². The molecule has 1 heterocycles. The minimum Gasteiger partial charge on any atom is -0.492 e. The quantitative estimate of drug-likeness (QED) is 0.435. The topological polar surface area (TPSA) is 77.2 Å². The first-order valence-electron chi connectivity index (χ1n) is 9.20. The van der Waals surface area contributed by atoms with Crippen molar-refractivity contribution in [2.45, 2.75) is 12.1 Å². The highest BCUT2D eigenvalue weighted by Crippen LogP contribution is 2.30. The summed E-state index contributed by atoms with van der Waals surface area (Å²) in [5, 5.41) is 13.6. The maximum atomic E-state index is 12.3. The van der Waals surface area contributed by atoms with Crippen molar-refractivity contribution >= 4 is 34.1 Å². The Morgan fingerprint density at radius 1 is 1.03 bits per heavy atom. The van der Waals surface area contributed by atoms with Gasteiger partial charge in [-0.25, -0.2) is 0 Å². The summed E-state index contributed by atoms with van der Waals surface area (Å²) < 4.78 is 11.3. The van der Waals surface area contributed by atoms with E-state index < -0.39 is 0 Å². The molecular weight excluding hydrogens is 386 g/mol. The van der Waals surface area contributed by atoms with Crippen LogP contribution >= 0.6 is 11.8 Å². The summed E-state index contributed by atoms with van der Waals surface area (Å²) >= 11 is 1.19. The summed E-state index contributed by atoms with van der Waals surface area (Å²) in [6.07, 6.45) is 0. The van der Waals surface area contributed by atoms with Gasteiger partial charge >= 0.3 is 0 Å². The average molecular weight is 405 g/mol. The van der Waals surface area contributed by atoms with E-state index in [4.69, 9.17) is 9.15 Å². The summed E-state index contributed by atoms with van der Waals surface area (Å²) in [6.45, 7) is 2.43. The largest absolute Gasteiger partial charge is 0.492 e. The van der Waals surface area contributed by atoms with E-state index in [1.807, 2.05) is 67.6 Å². The Morgan fingerprint density at radius 3 is 2.72 bits per heavy atom. The van der Waals surface area contributed by atoms with Crippen molar-refractivity contribution in [3.8, 4) is 17.2 Å². The number of anilines is 1. The van der Waals surface area contributed by atoms with E-state index in [0.29, 0.717) is 29.2 Å². The highest BCUT2D eigenvalue weighted by Gasteiger charge is 2.14. The van der Waals surface area contributed by atoms with E-state index >= 15 is 0 Å². The summed E-state index contributed by atoms with van der Waals surface area (Å²) in [4.78, 5) is 12.3. The predicted octanol–water partition coefficient (Wildman–Crippen LogP) is 5.02. The first-order valence-corrected chi connectivity index (χ1v) is 10.2. The van der Waals surface area contributed by atoms with Gasteiger partial charge in [0.2, 0.25) is 11.8 Å². The number of amides is 1. The van der Waals surface area contributed by atoms with E-state index in [9.17, 15) is 4.79 Å². The van der Waals surface area contributed by atoms with Gasteiger partial charge in [-0.1, -0.05) is 60.3 Å². The molecule has 3 aromatic carbocycles. The molecule has 7 heteroatoms. The van der Waals surface area contributed by atoms with Crippen LogP contribution in [0.5, 0.6) is 5.75 Å². The normalized spacial score (nSPS) is 10.8. The lowest BCUT2D eigenvalue weighted by Gasteiger charge is -2.10. The molecule has 1 aromatic heterocycles. The number of rotatable bonds is 7. The van der Waals surface area contributed by atoms with E-state index in [1.54, 1.807) is 6.07 Å². The maximum Gasteiger partial charge on any atom is 0.277 e. The fourth-order valence-electron chi connectivity index (χ4n) is 2.95. The predicted molar refractivity (Wildman–Crippen MR) is 114 cm³/mol. The van der Waals surface area contributed by atoms with Crippen LogP contribution in [0.15, 0.2) is 76.4 Å². The lowest BCUT2D eigenvalue weighted by molar-refractivity contribution is -0.113. The monoisotopic (exact) mass is 405 g/mol. The molecule has 0 radical (unpaired) electrons. The third-order valence-electron chi connectivity index (χ3n) is 4.21. The Morgan fingerprint density at radius 2 is 1.83 bits per heavy atom. The van der Waals surface area contributed by atoms with Crippen molar-refractivity contribution in [3.63, 3.8) is 0 Å². The molecule has 0 bridgehead atoms. The highest BCUT2D eigenvalue weighted by atomic mass is 32.2. The van der Waals surface area contributed by atoms with Crippen LogP contribution in [0.3, 0.4) is 0 Å². The van der Waals surface area contributed by atoms with E-state index in [0.717, 1.165) is 16.3 Å². The van der Waals surface area contributed by atoms with Crippen LogP contribution in [0.4, 0.5) is 5.69 Å². The number of para-hydroxylation sites is 2. The van der Waals surface area contributed by atoms with Gasteiger partial charge in [-0.2, -0.15) is 0 Å². The Balaban J connectivity index is 1.43. The lowest BCUT2D eigenvalue weighted by atomic mass is 10.0. The van der Waals surface area contributed by atoms with Crippen LogP contribution in [-0.2, 0) is 4.79 Å². The van der Waals surface area contributed by atoms with Gasteiger partial charge < -0.3 is 14.5 Å². The average Bonchev–Trinajstić information content (AvgIpc) is 3.22. The van der Waals surface area contributed by atoms with Crippen molar-refractivity contribution < 1.29 is 13.9 Å². The Hall–Kier alpha value is -3.32. The van der Waals surface area contributed by atoms with Crippen LogP contribution in [-0.4, -0.2) is 28.5 Å². The van der Waals surface area contributed by atoms with Crippen molar-refractivity contribution in [2.75, 3.05) is 17.7 Å². The third kappa shape index (κ3) is 4.41. The molecule has 1 N–H and O–H groups in total. The number of thioether (sulfide) groups is 1. The van der Waals surface area contributed by atoms with Crippen molar-refractivity contribution in [1.29, 1.82) is 0 Å². The molecule has 0 saturated carbocycles. The summed E-state index contributed by atoms with van der Waals surface area (Å²) in [6, 6.07) is 21.3. The number of carbonyl (C=O) groups excluding carboxylic acids is 1. The molecule has 29 heavy (non-hydrogen) atoms. The zero-order chi connectivity index (χ0) is 20.1. The van der Waals surface area contributed by atoms with Crippen molar-refractivity contribution in [2.24, 2.45) is 0 Å². The van der Waals surface area contributed by atoms with Crippen LogP contribution in [0.25, 0.3) is 22.2 Å². The molecule has 4 rings (SSSR count). The number of nitrogens with zero attached hydrogens (tertiary/aromatic N) is 2. The molecule has 0 aliphatic heterocycles. The van der Waals surface area contributed by atoms with E-state index in [-0.39, 0.29) is 11.7 Å². The zero-order valence-electron chi connectivity index (χ0n) is 15.8. The van der Waals surface area contributed by atoms with Crippen LogP contribution in [0.2, 0.25) is 0 Å². The van der Waals surface area contributed by atoms with Crippen LogP contribution < -0.4 is 10.1 Å². The first-order chi connectivity index (χ1) is 14.2. The second-order valence-electron chi connectivity index (χ2n) is 6.17. The zero-order valence-corrected chi connectivity index (χ0v) is 16.6. The maximum absolute atomic E-state index is 12.3. The summed E-state index contributed by atoms with van der Waals surface area (Å²) in [7, 11) is 0. The van der Waals surface area contributed by atoms with Gasteiger partial charge in [0.15, 0.2) is 0 Å². The number of benzene rings is 3. The standard InChI is InChI=1S/C22H19N3O3S/c1-2-27-19-13-6-5-12-18(19)23-20(26)14-29-22-25-24-21(28-22)17-11-7-9-15-8-3-4-10-16(15)17/h3-13H,2,14H2,1H3,(H,23,26). The molecular formula is C22H19N3O3S. The smallest absolute Gasteiger partial charge is 0.277 e. The van der Waals surface area contributed by atoms with Crippen molar-refractivity contribution in [1.82, 2.24) is 10.2 Å². The molecule has 6 nitrogen and oxygen atoms in total. The molecule has 0 aliphatic carbocycles. The van der Waals surface area contributed by atoms with Gasteiger partial charge in [-0.05, 0) is 35.9 Å². The van der Waals surface area contributed by atoms with Gasteiger partial charge in [-0.3, -0.25) is 4.79 Å². The lowest BCUT2D eigenvalue weighted by Crippen LogP contribution is -2.14. The first kappa shape index (κ1) is 19.0. The molecule has 0 spiro atoms. The number of ether oxygens (including phenoxy) is 1. The van der Waals surface area contributed by atoms with Gasteiger partial charge in [-0.15, -0.1) is 10.2 Å². The molecule has 4 aromatic rings. The number of hydrogen-bond acceptors (Lipinski definition) is 6. The van der Waals surface area contributed by atoms with Gasteiger partial charge in [0.1, 0.15) is 5.75 Å². The number of aromatic nitrogens is 2. The number of hydrogen-bond donors (Lipinski definition) is 1. The second kappa shape index (κ2) is 8.79. The number of carbonyl (C=O) groups is 1. The fourth-order valence-corrected chi connectivity index (χ4v) is 3.52. The SMILES string of the molecule is CCOc1ccccc1NC(=O)CSc1nnc(-c2cccc3ccccc23)o1. The molecule has 0 aliphatic rings. The van der Waals surface area contributed by atoms with Gasteiger partial charge in [0, 0.05) is 5.56 Å². The second-order valence-corrected chi connectivity index (χ2v) is 7.09. The van der Waals surface area contributed by atoms with Gasteiger partial charge in [0.05, 0.1) is 18.0 Å². The summed E-state index contributed by atoms with van der Waals surface area (Å²) in [5.74, 6) is 1.06. The Bertz CT molecular complexity index is 1140. The molecule has 0 fully saturated rings. The molecule has 1 amide bonds. The summed E-state index contributed by atoms with van der Waals surface area (Å²) in [5.41, 5.74) is 1.51. The number of fused-ring (bicyclic) bond motifs is 1. The van der Waals surface area contributed by atoms with Gasteiger partial charge in [0.25, 0.3) is 5.22 Å². The number of nitrogens with one attached hydrogen (secondary N) is 1. The molecule has 0 unspecified atom stereocenters. The molecule has 146 valence electrons. The Kier molecular flexibility index (Phi) is 5.76. The molecule has 0 atom stereocenters. The minimum atomic E-state index is -0.174. The Labute approximate surface area is 172 Å². The highest BCUT2D eigenvalue weighted by molar-refractivity contribution is 7.99. The minimum absolute atomic E-state index is 0.150. The van der Waals surface area contributed by atoms with Crippen LogP contribution in [0, 0.1) is 0 Å². The molecule has 0 saturated heterocycles.